The zero-order chi connectivity index (χ0) is 29.3. The number of carbonyl (C=O) groups excluding carboxylic acids is 1. The van der Waals surface area contributed by atoms with Gasteiger partial charge in [0.2, 0.25) is 0 Å². The molecule has 0 spiro atoms. The molecule has 14 atom stereocenters. The van der Waals surface area contributed by atoms with E-state index in [0.717, 1.165) is 57.8 Å². The summed E-state index contributed by atoms with van der Waals surface area (Å²) in [5.41, 5.74) is 1.10. The molecular weight excluding hydrogens is 520 g/mol. The second-order valence-electron chi connectivity index (χ2n) is 16.3. The summed E-state index contributed by atoms with van der Waals surface area (Å²) in [6.07, 6.45) is 7.03. The predicted octanol–water partition coefficient (Wildman–Crippen LogP) is 4.92. The van der Waals surface area contributed by atoms with Gasteiger partial charge < -0.3 is 24.8 Å². The third-order valence-electron chi connectivity index (χ3n) is 14.4. The summed E-state index contributed by atoms with van der Waals surface area (Å²) in [5.74, 6) is 1.33. The van der Waals surface area contributed by atoms with Crippen molar-refractivity contribution in [2.75, 3.05) is 0 Å². The SMILES string of the molecule is CC1CCCC2(C(O)C3OC(C(=O)O)C4OC4C3O)CCC3C(=CCC4C3(C)CCC3C(C)(C)C(=O)CCC34C)C12. The number of aliphatic hydroxyl groups is 2. The van der Waals surface area contributed by atoms with Crippen molar-refractivity contribution >= 4 is 11.8 Å². The highest BCUT2D eigenvalue weighted by atomic mass is 16.7. The highest BCUT2D eigenvalue weighted by molar-refractivity contribution is 5.85. The van der Waals surface area contributed by atoms with E-state index < -0.39 is 48.0 Å². The maximum absolute atomic E-state index is 13.0. The van der Waals surface area contributed by atoms with Gasteiger partial charge in [-0.25, -0.2) is 4.79 Å². The van der Waals surface area contributed by atoms with Gasteiger partial charge >= 0.3 is 5.97 Å². The molecule has 0 aromatic heterocycles. The van der Waals surface area contributed by atoms with Gasteiger partial charge in [-0.1, -0.05) is 59.1 Å². The molecule has 0 bridgehead atoms. The van der Waals surface area contributed by atoms with Crippen molar-refractivity contribution in [2.24, 2.45) is 51.2 Å². The fraction of sp³-hybridized carbons (Fsp3) is 0.882. The minimum Gasteiger partial charge on any atom is -0.479 e. The second-order valence-corrected chi connectivity index (χ2v) is 16.3. The molecule has 2 aliphatic heterocycles. The number of aliphatic carboxylic acids is 1. The molecule has 228 valence electrons. The van der Waals surface area contributed by atoms with Crippen molar-refractivity contribution < 1.29 is 34.4 Å². The highest BCUT2D eigenvalue weighted by Gasteiger charge is 2.68. The number of carbonyl (C=O) groups is 2. The Morgan fingerprint density at radius 1 is 0.976 bits per heavy atom. The molecule has 2 saturated heterocycles. The predicted molar refractivity (Wildman–Crippen MR) is 152 cm³/mol. The van der Waals surface area contributed by atoms with Gasteiger partial charge in [0.15, 0.2) is 6.10 Å². The zero-order valence-corrected chi connectivity index (χ0v) is 25.5. The number of fused-ring (bicyclic) bond motifs is 8. The van der Waals surface area contributed by atoms with Crippen molar-refractivity contribution in [3.8, 4) is 0 Å². The number of ether oxygens (including phenoxy) is 2. The Balaban J connectivity index is 1.24. The Labute approximate surface area is 244 Å². The summed E-state index contributed by atoms with van der Waals surface area (Å²) in [6, 6.07) is 0. The van der Waals surface area contributed by atoms with Crippen LogP contribution in [-0.4, -0.2) is 63.7 Å². The molecule has 41 heavy (non-hydrogen) atoms. The number of epoxide rings is 1. The minimum atomic E-state index is -1.15. The van der Waals surface area contributed by atoms with Crippen LogP contribution in [0.15, 0.2) is 11.6 Å². The van der Waals surface area contributed by atoms with E-state index in [0.29, 0.717) is 35.9 Å². The third kappa shape index (κ3) is 3.70. The van der Waals surface area contributed by atoms with E-state index in [2.05, 4.69) is 40.7 Å². The van der Waals surface area contributed by atoms with Gasteiger partial charge in [-0.05, 0) is 85.4 Å². The average Bonchev–Trinajstić information content (AvgIpc) is 3.72. The molecule has 3 N–H and O–H groups in total. The lowest BCUT2D eigenvalue weighted by Crippen LogP contribution is -2.64. The van der Waals surface area contributed by atoms with Gasteiger partial charge in [0.05, 0.1) is 6.10 Å². The van der Waals surface area contributed by atoms with Crippen molar-refractivity contribution in [3.05, 3.63) is 11.6 Å². The smallest absolute Gasteiger partial charge is 0.335 e. The van der Waals surface area contributed by atoms with E-state index in [-0.39, 0.29) is 22.2 Å². The molecule has 5 aliphatic carbocycles. The van der Waals surface area contributed by atoms with Gasteiger partial charge in [-0.2, -0.15) is 0 Å². The first kappa shape index (κ1) is 28.5. The first-order valence-electron chi connectivity index (χ1n) is 16.4. The van der Waals surface area contributed by atoms with Crippen LogP contribution in [0.1, 0.15) is 98.8 Å². The van der Waals surface area contributed by atoms with E-state index in [9.17, 15) is 24.9 Å². The van der Waals surface area contributed by atoms with Gasteiger partial charge in [-0.3, -0.25) is 4.79 Å². The molecule has 7 aliphatic rings. The number of allylic oxidation sites excluding steroid dienone is 2. The van der Waals surface area contributed by atoms with Crippen molar-refractivity contribution in [1.82, 2.24) is 0 Å². The first-order chi connectivity index (χ1) is 19.3. The molecule has 0 amide bonds. The first-order valence-corrected chi connectivity index (χ1v) is 16.4. The van der Waals surface area contributed by atoms with Crippen LogP contribution in [-0.2, 0) is 19.1 Å². The van der Waals surface area contributed by atoms with Crippen LogP contribution in [0, 0.1) is 51.2 Å². The molecule has 7 rings (SSSR count). The Morgan fingerprint density at radius 2 is 1.73 bits per heavy atom. The van der Waals surface area contributed by atoms with Gasteiger partial charge in [0.1, 0.15) is 30.2 Å². The maximum Gasteiger partial charge on any atom is 0.335 e. The summed E-state index contributed by atoms with van der Waals surface area (Å²) in [7, 11) is 0. The zero-order valence-electron chi connectivity index (χ0n) is 25.5. The van der Waals surface area contributed by atoms with Crippen LogP contribution in [0.2, 0.25) is 0 Å². The maximum atomic E-state index is 13.0. The minimum absolute atomic E-state index is 0.144. The monoisotopic (exact) mass is 570 g/mol. The molecule has 14 unspecified atom stereocenters. The Morgan fingerprint density at radius 3 is 2.46 bits per heavy atom. The number of aliphatic hydroxyl groups excluding tert-OH is 2. The number of Topliss-reactive ketones (excluding diaryl/α,β-unsaturated/α-hetero) is 1. The Bertz CT molecular complexity index is 1160. The fourth-order valence-electron chi connectivity index (χ4n) is 12.4. The summed E-state index contributed by atoms with van der Waals surface area (Å²) >= 11 is 0. The Kier molecular flexibility index (Phi) is 6.34. The molecule has 7 nitrogen and oxygen atoms in total. The number of rotatable bonds is 3. The normalized spacial score (nSPS) is 54.3. The second kappa shape index (κ2) is 9.12. The van der Waals surface area contributed by atoms with Crippen molar-refractivity contribution in [2.45, 2.75) is 135 Å². The van der Waals surface area contributed by atoms with Crippen LogP contribution in [0.4, 0.5) is 0 Å². The quantitative estimate of drug-likeness (QED) is 0.326. The lowest BCUT2D eigenvalue weighted by atomic mass is 9.37. The van der Waals surface area contributed by atoms with Crippen LogP contribution in [0.3, 0.4) is 0 Å². The van der Waals surface area contributed by atoms with Crippen molar-refractivity contribution in [3.63, 3.8) is 0 Å². The molecule has 4 saturated carbocycles. The summed E-state index contributed by atoms with van der Waals surface area (Å²) in [4.78, 5) is 24.9. The number of carboxylic acids is 1. The van der Waals surface area contributed by atoms with Crippen LogP contribution in [0.25, 0.3) is 0 Å². The number of carboxylic acid groups (broad SMARTS) is 1. The molecule has 2 heterocycles. The van der Waals surface area contributed by atoms with Crippen molar-refractivity contribution in [1.29, 1.82) is 0 Å². The number of hydrogen-bond donors (Lipinski definition) is 3. The summed E-state index contributed by atoms with van der Waals surface area (Å²) in [6.45, 7) is 11.7. The highest BCUT2D eigenvalue weighted by Crippen LogP contribution is 2.72. The van der Waals surface area contributed by atoms with Gasteiger partial charge in [0.25, 0.3) is 0 Å². The van der Waals surface area contributed by atoms with Crippen LogP contribution < -0.4 is 0 Å². The van der Waals surface area contributed by atoms with E-state index in [1.807, 2.05) is 0 Å². The molecule has 6 fully saturated rings. The molecule has 0 aromatic rings. The molecule has 7 heteroatoms. The van der Waals surface area contributed by atoms with E-state index in [4.69, 9.17) is 9.47 Å². The molecular formula is C34H50O7. The number of ketones is 1. The van der Waals surface area contributed by atoms with Crippen LogP contribution in [0.5, 0.6) is 0 Å². The van der Waals surface area contributed by atoms with Crippen LogP contribution >= 0.6 is 0 Å². The lowest BCUT2D eigenvalue weighted by Gasteiger charge is -2.68. The van der Waals surface area contributed by atoms with Gasteiger partial charge in [0, 0.05) is 17.3 Å². The topological polar surface area (TPSA) is 117 Å². The number of hydrogen-bond acceptors (Lipinski definition) is 6. The van der Waals surface area contributed by atoms with Gasteiger partial charge in [-0.15, -0.1) is 0 Å². The fourth-order valence-corrected chi connectivity index (χ4v) is 12.4. The van der Waals surface area contributed by atoms with E-state index >= 15 is 0 Å². The van der Waals surface area contributed by atoms with E-state index in [1.54, 1.807) is 0 Å². The average molecular weight is 571 g/mol. The lowest BCUT2D eigenvalue weighted by molar-refractivity contribution is -0.212. The Hall–Kier alpha value is -1.28. The summed E-state index contributed by atoms with van der Waals surface area (Å²) < 4.78 is 11.5. The standard InChI is InChI=1S/C34H50O7/c1-17-7-6-13-34(29(37)26-24(36)25-27(40-25)28(41-26)30(38)39)16-10-19-18(23(17)34)8-9-21-32(19,4)14-11-20-31(2,3)22(35)12-15-33(20,21)5/h8,17,19-21,23-29,36-37H,6-7,9-16H2,1-5H3,(H,38,39). The molecule has 0 aromatic carbocycles. The molecule has 0 radical (unpaired) electrons. The largest absolute Gasteiger partial charge is 0.479 e. The third-order valence-corrected chi connectivity index (χ3v) is 14.4. The summed E-state index contributed by atoms with van der Waals surface area (Å²) in [5, 5.41) is 33.1. The van der Waals surface area contributed by atoms with E-state index in [1.165, 1.54) is 5.57 Å².